The minimum absolute atomic E-state index is 0.168. The number of nitrogens with zero attached hydrogens (tertiary/aromatic N) is 2. The van der Waals surface area contributed by atoms with Crippen LogP contribution in [0.2, 0.25) is 0 Å². The molecule has 1 N–H and O–H groups in total. The maximum atomic E-state index is 13.0. The van der Waals surface area contributed by atoms with Gasteiger partial charge in [-0.2, -0.15) is 5.10 Å². The molecule has 0 saturated carbocycles. The third-order valence-electron chi connectivity index (χ3n) is 3.44. The van der Waals surface area contributed by atoms with Gasteiger partial charge in [0.05, 0.1) is 5.69 Å². The first-order chi connectivity index (χ1) is 9.20. The van der Waals surface area contributed by atoms with Crippen molar-refractivity contribution in [3.63, 3.8) is 0 Å². The van der Waals surface area contributed by atoms with Gasteiger partial charge in [0, 0.05) is 18.3 Å². The van der Waals surface area contributed by atoms with Crippen LogP contribution in [-0.2, 0) is 12.8 Å². The zero-order valence-electron chi connectivity index (χ0n) is 10.6. The van der Waals surface area contributed by atoms with Crippen LogP contribution in [0, 0.1) is 5.82 Å². The number of carbonyl (C=O) groups is 1. The highest BCUT2D eigenvalue weighted by Crippen LogP contribution is 2.27. The molecule has 1 aromatic heterocycles. The van der Waals surface area contributed by atoms with Crippen LogP contribution in [-0.4, -0.2) is 22.7 Å². The van der Waals surface area contributed by atoms with Gasteiger partial charge < -0.3 is 5.32 Å². The van der Waals surface area contributed by atoms with Crippen molar-refractivity contribution in [3.8, 4) is 5.69 Å². The molecule has 98 valence electrons. The Balaban J connectivity index is 2.12. The largest absolute Gasteiger partial charge is 0.354 e. The molecule has 1 amide bonds. The fraction of sp³-hybridized carbons (Fsp3) is 0.286. The van der Waals surface area contributed by atoms with E-state index in [9.17, 15) is 9.18 Å². The number of carbonyl (C=O) groups excluding carboxylic acids is 1. The normalized spacial score (nSPS) is 13.4. The molecule has 0 radical (unpaired) electrons. The average Bonchev–Trinajstić information content (AvgIpc) is 3.01. The lowest BCUT2D eigenvalue weighted by Crippen LogP contribution is -2.20. The van der Waals surface area contributed by atoms with Crippen LogP contribution in [0.5, 0.6) is 0 Å². The van der Waals surface area contributed by atoms with Crippen molar-refractivity contribution in [2.24, 2.45) is 0 Å². The fourth-order valence-corrected chi connectivity index (χ4v) is 2.53. The molecule has 1 heterocycles. The third kappa shape index (κ3) is 1.91. The van der Waals surface area contributed by atoms with Gasteiger partial charge in [-0.15, -0.1) is 0 Å². The van der Waals surface area contributed by atoms with E-state index < -0.39 is 0 Å². The summed E-state index contributed by atoms with van der Waals surface area (Å²) < 4.78 is 14.7. The monoisotopic (exact) mass is 259 g/mol. The molecule has 0 bridgehead atoms. The van der Waals surface area contributed by atoms with Gasteiger partial charge in [0.15, 0.2) is 5.69 Å². The number of hydrogen-bond acceptors (Lipinski definition) is 2. The van der Waals surface area contributed by atoms with Crippen molar-refractivity contribution in [2.45, 2.75) is 19.3 Å². The van der Waals surface area contributed by atoms with E-state index in [1.165, 1.54) is 12.1 Å². The summed E-state index contributed by atoms with van der Waals surface area (Å²) in [6.45, 7) is 0. The molecule has 1 aliphatic carbocycles. The van der Waals surface area contributed by atoms with E-state index in [4.69, 9.17) is 0 Å². The molecule has 5 heteroatoms. The predicted octanol–water partition coefficient (Wildman–Crippen LogP) is 1.86. The highest BCUT2D eigenvalue weighted by Gasteiger charge is 2.26. The lowest BCUT2D eigenvalue weighted by Gasteiger charge is -2.04. The molecular formula is C14H14FN3O. The van der Waals surface area contributed by atoms with Crippen LogP contribution in [0.25, 0.3) is 5.69 Å². The van der Waals surface area contributed by atoms with Crippen LogP contribution in [0.1, 0.15) is 28.2 Å². The van der Waals surface area contributed by atoms with Gasteiger partial charge in [-0.25, -0.2) is 9.07 Å². The highest BCUT2D eigenvalue weighted by molar-refractivity contribution is 5.94. The first kappa shape index (κ1) is 11.9. The number of hydrogen-bond donors (Lipinski definition) is 1. The second kappa shape index (κ2) is 4.50. The summed E-state index contributed by atoms with van der Waals surface area (Å²) in [5, 5.41) is 6.99. The lowest BCUT2D eigenvalue weighted by atomic mass is 10.2. The summed E-state index contributed by atoms with van der Waals surface area (Å²) in [6, 6.07) is 6.15. The number of aromatic nitrogens is 2. The Morgan fingerprint density at radius 2 is 2.05 bits per heavy atom. The zero-order chi connectivity index (χ0) is 13.4. The second-order valence-electron chi connectivity index (χ2n) is 4.59. The van der Waals surface area contributed by atoms with Gasteiger partial charge in [-0.1, -0.05) is 0 Å². The van der Waals surface area contributed by atoms with Crippen molar-refractivity contribution >= 4 is 5.91 Å². The minimum Gasteiger partial charge on any atom is -0.354 e. The Labute approximate surface area is 110 Å². The van der Waals surface area contributed by atoms with E-state index in [2.05, 4.69) is 10.4 Å². The number of fused-ring (bicyclic) bond motifs is 1. The predicted molar refractivity (Wildman–Crippen MR) is 68.9 cm³/mol. The molecule has 0 atom stereocenters. The molecule has 1 aromatic carbocycles. The summed E-state index contributed by atoms with van der Waals surface area (Å²) in [5.74, 6) is -0.446. The van der Waals surface area contributed by atoms with Gasteiger partial charge in [0.2, 0.25) is 0 Å². The molecule has 2 aromatic rings. The first-order valence-corrected chi connectivity index (χ1v) is 6.29. The zero-order valence-corrected chi connectivity index (χ0v) is 10.6. The Hall–Kier alpha value is -2.17. The lowest BCUT2D eigenvalue weighted by molar-refractivity contribution is 0.0957. The third-order valence-corrected chi connectivity index (χ3v) is 3.44. The Morgan fingerprint density at radius 1 is 1.32 bits per heavy atom. The molecule has 0 aliphatic heterocycles. The van der Waals surface area contributed by atoms with Crippen molar-refractivity contribution in [3.05, 3.63) is 47.0 Å². The second-order valence-corrected chi connectivity index (χ2v) is 4.59. The summed E-state index contributed by atoms with van der Waals surface area (Å²) in [7, 11) is 1.60. The molecule has 19 heavy (non-hydrogen) atoms. The van der Waals surface area contributed by atoms with Crippen molar-refractivity contribution in [1.82, 2.24) is 15.1 Å². The topological polar surface area (TPSA) is 46.9 Å². The van der Waals surface area contributed by atoms with Crippen LogP contribution < -0.4 is 5.32 Å². The van der Waals surface area contributed by atoms with E-state index in [0.29, 0.717) is 5.69 Å². The van der Waals surface area contributed by atoms with Crippen molar-refractivity contribution in [1.29, 1.82) is 0 Å². The van der Waals surface area contributed by atoms with Gasteiger partial charge in [-0.05, 0) is 43.5 Å². The summed E-state index contributed by atoms with van der Waals surface area (Å²) in [5.41, 5.74) is 3.35. The van der Waals surface area contributed by atoms with E-state index in [-0.39, 0.29) is 11.7 Å². The Bertz CT molecular complexity index is 631. The van der Waals surface area contributed by atoms with Crippen LogP contribution in [0.4, 0.5) is 4.39 Å². The van der Waals surface area contributed by atoms with E-state index in [1.54, 1.807) is 23.9 Å². The average molecular weight is 259 g/mol. The molecule has 0 fully saturated rings. The number of amides is 1. The molecule has 1 aliphatic rings. The molecule has 0 unspecified atom stereocenters. The van der Waals surface area contributed by atoms with Crippen LogP contribution in [0.15, 0.2) is 24.3 Å². The van der Waals surface area contributed by atoms with Gasteiger partial charge in [0.1, 0.15) is 5.82 Å². The molecule has 4 nitrogen and oxygen atoms in total. The quantitative estimate of drug-likeness (QED) is 0.894. The number of benzene rings is 1. The first-order valence-electron chi connectivity index (χ1n) is 6.29. The van der Waals surface area contributed by atoms with Crippen molar-refractivity contribution < 1.29 is 9.18 Å². The van der Waals surface area contributed by atoms with Crippen molar-refractivity contribution in [2.75, 3.05) is 7.05 Å². The molecular weight excluding hydrogens is 245 g/mol. The van der Waals surface area contributed by atoms with Gasteiger partial charge >= 0.3 is 0 Å². The SMILES string of the molecule is CNC(=O)c1nn(-c2ccc(F)cc2)c2c1CCC2. The van der Waals surface area contributed by atoms with Gasteiger partial charge in [-0.3, -0.25) is 4.79 Å². The number of nitrogens with one attached hydrogen (secondary N) is 1. The van der Waals surface area contributed by atoms with E-state index in [1.807, 2.05) is 0 Å². The maximum Gasteiger partial charge on any atom is 0.271 e. The van der Waals surface area contributed by atoms with E-state index in [0.717, 1.165) is 36.2 Å². The smallest absolute Gasteiger partial charge is 0.271 e. The fourth-order valence-electron chi connectivity index (χ4n) is 2.53. The Morgan fingerprint density at radius 3 is 2.74 bits per heavy atom. The number of rotatable bonds is 2. The van der Waals surface area contributed by atoms with Crippen LogP contribution in [0.3, 0.4) is 0 Å². The molecule has 0 saturated heterocycles. The maximum absolute atomic E-state index is 13.0. The van der Waals surface area contributed by atoms with E-state index >= 15 is 0 Å². The molecule has 0 spiro atoms. The standard InChI is InChI=1S/C14H14FN3O/c1-16-14(19)13-11-3-2-4-12(11)18(17-13)10-7-5-9(15)6-8-10/h5-8H,2-4H2,1H3,(H,16,19). The number of halogens is 1. The molecule has 3 rings (SSSR count). The van der Waals surface area contributed by atoms with Gasteiger partial charge in [0.25, 0.3) is 5.91 Å². The summed E-state index contributed by atoms with van der Waals surface area (Å²) in [4.78, 5) is 11.8. The summed E-state index contributed by atoms with van der Waals surface area (Å²) >= 11 is 0. The minimum atomic E-state index is -0.279. The van der Waals surface area contributed by atoms with Crippen LogP contribution >= 0.6 is 0 Å². The summed E-state index contributed by atoms with van der Waals surface area (Å²) in [6.07, 6.45) is 2.80. The highest BCUT2D eigenvalue weighted by atomic mass is 19.1. The Kier molecular flexibility index (Phi) is 2.81.